The van der Waals surface area contributed by atoms with Crippen LogP contribution in [0, 0.1) is 0 Å². The molecule has 2 aromatic rings. The zero-order valence-electron chi connectivity index (χ0n) is 15.1. The molecule has 0 radical (unpaired) electrons. The smallest absolute Gasteiger partial charge is 0.179 e. The molecule has 1 aliphatic rings. The van der Waals surface area contributed by atoms with Gasteiger partial charge in [0.15, 0.2) is 9.84 Å². The summed E-state index contributed by atoms with van der Waals surface area (Å²) in [5, 5.41) is 3.17. The van der Waals surface area contributed by atoms with Crippen LogP contribution < -0.4 is 10.2 Å². The van der Waals surface area contributed by atoms with E-state index in [0.29, 0.717) is 12.4 Å². The largest absolute Gasteiger partial charge is 0.369 e. The van der Waals surface area contributed by atoms with Gasteiger partial charge in [-0.3, -0.25) is 4.90 Å². The topological polar surface area (TPSA) is 65.5 Å². The Kier molecular flexibility index (Phi) is 6.11. The Hall–Kier alpha value is -2.12. The number of hydrogen-bond donors (Lipinski definition) is 1. The van der Waals surface area contributed by atoms with Crippen LogP contribution >= 0.6 is 0 Å². The van der Waals surface area contributed by atoms with E-state index >= 15 is 0 Å². The van der Waals surface area contributed by atoms with Crippen LogP contribution in [0.2, 0.25) is 0 Å². The maximum absolute atomic E-state index is 11.8. The van der Waals surface area contributed by atoms with Crippen molar-refractivity contribution in [2.24, 2.45) is 0 Å². The van der Waals surface area contributed by atoms with Gasteiger partial charge >= 0.3 is 0 Å². The van der Waals surface area contributed by atoms with Crippen LogP contribution in [0.25, 0.3) is 0 Å². The second-order valence-corrected chi connectivity index (χ2v) is 8.55. The van der Waals surface area contributed by atoms with Crippen molar-refractivity contribution in [1.82, 2.24) is 9.88 Å². The molecule has 26 heavy (non-hydrogen) atoms. The van der Waals surface area contributed by atoms with E-state index in [1.165, 1.54) is 11.9 Å². The first-order chi connectivity index (χ1) is 12.5. The van der Waals surface area contributed by atoms with E-state index in [-0.39, 0.29) is 4.90 Å². The zero-order valence-corrected chi connectivity index (χ0v) is 16.0. The maximum Gasteiger partial charge on any atom is 0.179 e. The molecule has 0 saturated carbocycles. The van der Waals surface area contributed by atoms with Gasteiger partial charge in [0.05, 0.1) is 0 Å². The molecule has 6 nitrogen and oxygen atoms in total. The molecule has 0 atom stereocenters. The van der Waals surface area contributed by atoms with E-state index in [1.54, 1.807) is 18.3 Å². The molecular weight excluding hydrogens is 348 g/mol. The van der Waals surface area contributed by atoms with E-state index in [9.17, 15) is 8.42 Å². The number of piperazine rings is 1. The minimum absolute atomic E-state index is 0.261. The molecule has 1 aromatic carbocycles. The van der Waals surface area contributed by atoms with Crippen molar-refractivity contribution < 1.29 is 8.42 Å². The van der Waals surface area contributed by atoms with E-state index < -0.39 is 9.84 Å². The molecule has 1 aromatic heterocycles. The van der Waals surface area contributed by atoms with Gasteiger partial charge in [0, 0.05) is 50.9 Å². The Morgan fingerprint density at radius 2 is 1.77 bits per heavy atom. The number of hydrogen-bond acceptors (Lipinski definition) is 6. The van der Waals surface area contributed by atoms with Crippen molar-refractivity contribution in [3.63, 3.8) is 0 Å². The van der Waals surface area contributed by atoms with Crippen LogP contribution in [0.15, 0.2) is 53.6 Å². The number of anilines is 2. The predicted molar refractivity (Wildman–Crippen MR) is 106 cm³/mol. The van der Waals surface area contributed by atoms with Crippen LogP contribution in [0.4, 0.5) is 11.5 Å². The fraction of sp³-hybridized carbons (Fsp3) is 0.421. The SMILES string of the molecule is CS(=O)(=O)c1cccnc1NCCCN1CCN(c2ccccc2)CC1. The Balaban J connectivity index is 1.42. The van der Waals surface area contributed by atoms with Crippen molar-refractivity contribution in [2.45, 2.75) is 11.3 Å². The van der Waals surface area contributed by atoms with Gasteiger partial charge in [-0.15, -0.1) is 0 Å². The number of sulfone groups is 1. The lowest BCUT2D eigenvalue weighted by atomic mass is 10.2. The number of para-hydroxylation sites is 1. The molecule has 0 bridgehead atoms. The molecule has 2 heterocycles. The summed E-state index contributed by atoms with van der Waals surface area (Å²) in [6, 6.07) is 13.8. The van der Waals surface area contributed by atoms with Crippen molar-refractivity contribution in [1.29, 1.82) is 0 Å². The zero-order chi connectivity index (χ0) is 18.4. The first-order valence-electron chi connectivity index (χ1n) is 8.95. The summed E-state index contributed by atoms with van der Waals surface area (Å²) >= 11 is 0. The highest BCUT2D eigenvalue weighted by Gasteiger charge is 2.17. The highest BCUT2D eigenvalue weighted by Crippen LogP contribution is 2.18. The van der Waals surface area contributed by atoms with Gasteiger partial charge in [-0.25, -0.2) is 13.4 Å². The summed E-state index contributed by atoms with van der Waals surface area (Å²) in [6.45, 7) is 5.88. The van der Waals surface area contributed by atoms with Gasteiger partial charge in [-0.1, -0.05) is 18.2 Å². The Bertz CT molecular complexity index is 803. The summed E-state index contributed by atoms with van der Waals surface area (Å²) in [5.41, 5.74) is 1.29. The summed E-state index contributed by atoms with van der Waals surface area (Å²) in [5.74, 6) is 0.448. The highest BCUT2D eigenvalue weighted by atomic mass is 32.2. The maximum atomic E-state index is 11.8. The van der Waals surface area contributed by atoms with Gasteiger partial charge < -0.3 is 10.2 Å². The summed E-state index contributed by atoms with van der Waals surface area (Å²) in [7, 11) is -3.26. The molecule has 0 spiro atoms. The Morgan fingerprint density at radius 1 is 1.04 bits per heavy atom. The van der Waals surface area contributed by atoms with Crippen LogP contribution in [0.5, 0.6) is 0 Å². The molecule has 3 rings (SSSR count). The normalized spacial score (nSPS) is 15.8. The number of rotatable bonds is 7. The van der Waals surface area contributed by atoms with Crippen LogP contribution in [-0.4, -0.2) is 63.8 Å². The fourth-order valence-corrected chi connectivity index (χ4v) is 4.00. The van der Waals surface area contributed by atoms with Gasteiger partial charge in [-0.2, -0.15) is 0 Å². The van der Waals surface area contributed by atoms with Crippen LogP contribution in [-0.2, 0) is 9.84 Å². The molecule has 1 saturated heterocycles. The van der Waals surface area contributed by atoms with Gasteiger partial charge in [0.2, 0.25) is 0 Å². The second kappa shape index (κ2) is 8.51. The van der Waals surface area contributed by atoms with Crippen molar-refractivity contribution >= 4 is 21.3 Å². The Labute approximate surface area is 155 Å². The summed E-state index contributed by atoms with van der Waals surface area (Å²) in [6.07, 6.45) is 3.77. The lowest BCUT2D eigenvalue weighted by Crippen LogP contribution is -2.46. The van der Waals surface area contributed by atoms with Crippen molar-refractivity contribution in [2.75, 3.05) is 55.7 Å². The molecule has 1 fully saturated rings. The predicted octanol–water partition coefficient (Wildman–Crippen LogP) is 2.11. The number of nitrogens with zero attached hydrogens (tertiary/aromatic N) is 3. The third-order valence-electron chi connectivity index (χ3n) is 4.61. The minimum Gasteiger partial charge on any atom is -0.369 e. The lowest BCUT2D eigenvalue weighted by Gasteiger charge is -2.36. The van der Waals surface area contributed by atoms with Crippen LogP contribution in [0.3, 0.4) is 0 Å². The first-order valence-corrected chi connectivity index (χ1v) is 10.8. The molecule has 0 unspecified atom stereocenters. The van der Waals surface area contributed by atoms with Gasteiger partial charge in [0.1, 0.15) is 10.7 Å². The fourth-order valence-electron chi connectivity index (χ4n) is 3.20. The minimum atomic E-state index is -3.26. The third kappa shape index (κ3) is 4.95. The molecule has 7 heteroatoms. The highest BCUT2D eigenvalue weighted by molar-refractivity contribution is 7.90. The summed E-state index contributed by atoms with van der Waals surface area (Å²) < 4.78 is 23.6. The summed E-state index contributed by atoms with van der Waals surface area (Å²) in [4.78, 5) is 9.30. The van der Waals surface area contributed by atoms with Crippen molar-refractivity contribution in [3.8, 4) is 0 Å². The molecule has 0 aliphatic carbocycles. The lowest BCUT2D eigenvalue weighted by molar-refractivity contribution is 0.257. The van der Waals surface area contributed by atoms with Gasteiger partial charge in [-0.05, 0) is 37.2 Å². The number of aromatic nitrogens is 1. The quantitative estimate of drug-likeness (QED) is 0.749. The Morgan fingerprint density at radius 3 is 2.46 bits per heavy atom. The van der Waals surface area contributed by atoms with E-state index in [4.69, 9.17) is 0 Å². The third-order valence-corrected chi connectivity index (χ3v) is 5.74. The number of nitrogens with one attached hydrogen (secondary N) is 1. The van der Waals surface area contributed by atoms with Gasteiger partial charge in [0.25, 0.3) is 0 Å². The van der Waals surface area contributed by atoms with Crippen LogP contribution in [0.1, 0.15) is 6.42 Å². The average molecular weight is 375 g/mol. The monoisotopic (exact) mass is 374 g/mol. The molecule has 1 aliphatic heterocycles. The van der Waals surface area contributed by atoms with E-state index in [0.717, 1.165) is 39.1 Å². The second-order valence-electron chi connectivity index (χ2n) is 6.57. The number of benzene rings is 1. The molecule has 1 N–H and O–H groups in total. The molecule has 140 valence electrons. The van der Waals surface area contributed by atoms with E-state index in [2.05, 4.69) is 44.4 Å². The average Bonchev–Trinajstić information content (AvgIpc) is 2.66. The van der Waals surface area contributed by atoms with E-state index in [1.807, 2.05) is 6.07 Å². The molecular formula is C19H26N4O2S. The molecule has 0 amide bonds. The van der Waals surface area contributed by atoms with Crippen molar-refractivity contribution in [3.05, 3.63) is 48.7 Å². The standard InChI is InChI=1S/C19H26N4O2S/c1-26(24,25)18-9-5-10-20-19(18)21-11-6-12-22-13-15-23(16-14-22)17-7-3-2-4-8-17/h2-5,7-10H,6,11-16H2,1H3,(H,20,21). The number of pyridine rings is 1. The first kappa shape index (κ1) is 18.7.